The molecule has 0 saturated carbocycles. The lowest BCUT2D eigenvalue weighted by molar-refractivity contribution is -0.132. The molecule has 1 unspecified atom stereocenters. The van der Waals surface area contributed by atoms with Crippen molar-refractivity contribution in [1.82, 2.24) is 15.1 Å². The smallest absolute Gasteiger partial charge is 0.223 e. The maximum Gasteiger partial charge on any atom is 0.223 e. The Morgan fingerprint density at radius 2 is 1.89 bits per heavy atom. The minimum Gasteiger partial charge on any atom is -0.340 e. The Balaban J connectivity index is 1.31. The summed E-state index contributed by atoms with van der Waals surface area (Å²) in [5.74, 6) is 0.623. The molecule has 0 aliphatic carbocycles. The van der Waals surface area contributed by atoms with Crippen LogP contribution in [0.2, 0.25) is 0 Å². The monoisotopic (exact) mass is 391 g/mol. The average molecular weight is 392 g/mol. The number of carbonyl (C=O) groups is 1. The van der Waals surface area contributed by atoms with Crippen molar-refractivity contribution < 1.29 is 13.2 Å². The summed E-state index contributed by atoms with van der Waals surface area (Å²) in [5, 5.41) is 3.21. The van der Waals surface area contributed by atoms with Crippen LogP contribution < -0.4 is 5.32 Å². The van der Waals surface area contributed by atoms with E-state index in [1.54, 1.807) is 0 Å². The van der Waals surface area contributed by atoms with Gasteiger partial charge in [-0.2, -0.15) is 0 Å². The van der Waals surface area contributed by atoms with E-state index in [-0.39, 0.29) is 23.5 Å². The fourth-order valence-corrected chi connectivity index (χ4v) is 5.29. The van der Waals surface area contributed by atoms with Crippen molar-refractivity contribution in [2.75, 3.05) is 50.8 Å². The Morgan fingerprint density at radius 1 is 1.15 bits per heavy atom. The standard InChI is InChI=1S/C20H29N3O3S/c24-20(8-10-21-19-9-16-27(25,26)17-19)23-14-12-22(13-15-23)11-4-7-18-5-2-1-3-6-18/h1-7,19,21H,8-17H2/b7-4+. The van der Waals surface area contributed by atoms with E-state index in [4.69, 9.17) is 0 Å². The molecule has 1 atom stereocenters. The van der Waals surface area contributed by atoms with Gasteiger partial charge in [0.1, 0.15) is 0 Å². The van der Waals surface area contributed by atoms with Gasteiger partial charge in [0, 0.05) is 51.7 Å². The zero-order valence-electron chi connectivity index (χ0n) is 15.7. The molecule has 2 fully saturated rings. The molecule has 0 radical (unpaired) electrons. The maximum atomic E-state index is 12.3. The van der Waals surface area contributed by atoms with E-state index in [9.17, 15) is 13.2 Å². The van der Waals surface area contributed by atoms with Gasteiger partial charge >= 0.3 is 0 Å². The summed E-state index contributed by atoms with van der Waals surface area (Å²) in [4.78, 5) is 16.6. The van der Waals surface area contributed by atoms with Crippen LogP contribution in [0.4, 0.5) is 0 Å². The zero-order valence-corrected chi connectivity index (χ0v) is 16.5. The fraction of sp³-hybridized carbons (Fsp3) is 0.550. The third-order valence-corrected chi connectivity index (χ3v) is 6.97. The number of carbonyl (C=O) groups excluding carboxylic acids is 1. The molecular weight excluding hydrogens is 362 g/mol. The molecule has 1 aromatic carbocycles. The Morgan fingerprint density at radius 3 is 2.56 bits per heavy atom. The largest absolute Gasteiger partial charge is 0.340 e. The predicted octanol–water partition coefficient (Wildman–Crippen LogP) is 1.01. The lowest BCUT2D eigenvalue weighted by atomic mass is 10.2. The second-order valence-electron chi connectivity index (χ2n) is 7.30. The molecule has 1 N–H and O–H groups in total. The van der Waals surface area contributed by atoms with Gasteiger partial charge in [-0.1, -0.05) is 42.5 Å². The van der Waals surface area contributed by atoms with Crippen molar-refractivity contribution in [3.8, 4) is 0 Å². The van der Waals surface area contributed by atoms with E-state index in [2.05, 4.69) is 34.5 Å². The third kappa shape index (κ3) is 6.45. The highest BCUT2D eigenvalue weighted by Crippen LogP contribution is 2.11. The number of rotatable bonds is 7. The van der Waals surface area contributed by atoms with Crippen molar-refractivity contribution in [2.24, 2.45) is 0 Å². The van der Waals surface area contributed by atoms with E-state index < -0.39 is 9.84 Å². The first-order chi connectivity index (χ1) is 13.0. The molecule has 7 heteroatoms. The van der Waals surface area contributed by atoms with E-state index in [1.807, 2.05) is 23.1 Å². The second-order valence-corrected chi connectivity index (χ2v) is 9.53. The first-order valence-corrected chi connectivity index (χ1v) is 11.5. The molecule has 0 spiro atoms. The summed E-state index contributed by atoms with van der Waals surface area (Å²) >= 11 is 0. The van der Waals surface area contributed by atoms with Crippen LogP contribution in [0.3, 0.4) is 0 Å². The van der Waals surface area contributed by atoms with Crippen LogP contribution in [0.5, 0.6) is 0 Å². The first kappa shape index (κ1) is 20.0. The lowest BCUT2D eigenvalue weighted by Gasteiger charge is -2.34. The molecule has 1 amide bonds. The third-order valence-electron chi connectivity index (χ3n) is 5.20. The van der Waals surface area contributed by atoms with Crippen LogP contribution in [0, 0.1) is 0 Å². The van der Waals surface area contributed by atoms with Gasteiger partial charge < -0.3 is 10.2 Å². The first-order valence-electron chi connectivity index (χ1n) is 9.67. The Hall–Kier alpha value is -1.70. The summed E-state index contributed by atoms with van der Waals surface area (Å²) in [6.07, 6.45) is 5.40. The summed E-state index contributed by atoms with van der Waals surface area (Å²) in [6, 6.07) is 10.3. The molecule has 6 nitrogen and oxygen atoms in total. The maximum absolute atomic E-state index is 12.3. The Labute approximate surface area is 162 Å². The van der Waals surface area contributed by atoms with E-state index in [1.165, 1.54) is 5.56 Å². The molecule has 0 aromatic heterocycles. The van der Waals surface area contributed by atoms with Crippen LogP contribution in [-0.4, -0.2) is 80.9 Å². The number of nitrogens with zero attached hydrogens (tertiary/aromatic N) is 2. The summed E-state index contributed by atoms with van der Waals surface area (Å²) in [5.41, 5.74) is 1.20. The van der Waals surface area contributed by atoms with Gasteiger partial charge in [-0.05, 0) is 12.0 Å². The molecule has 3 rings (SSSR count). The van der Waals surface area contributed by atoms with Crippen LogP contribution in [0.25, 0.3) is 6.08 Å². The molecule has 1 aromatic rings. The van der Waals surface area contributed by atoms with Crippen LogP contribution >= 0.6 is 0 Å². The van der Waals surface area contributed by atoms with Gasteiger partial charge in [-0.15, -0.1) is 0 Å². The van der Waals surface area contributed by atoms with Gasteiger partial charge in [0.05, 0.1) is 11.5 Å². The Bertz CT molecular complexity index is 741. The summed E-state index contributed by atoms with van der Waals surface area (Å²) in [6.45, 7) is 4.75. The highest BCUT2D eigenvalue weighted by atomic mass is 32.2. The highest BCUT2D eigenvalue weighted by Gasteiger charge is 2.27. The normalized spacial score (nSPS) is 23.1. The predicted molar refractivity (Wildman–Crippen MR) is 108 cm³/mol. The van der Waals surface area contributed by atoms with Crippen molar-refractivity contribution in [3.63, 3.8) is 0 Å². The van der Waals surface area contributed by atoms with Gasteiger partial charge in [-0.25, -0.2) is 8.42 Å². The minimum atomic E-state index is -2.87. The number of hydrogen-bond acceptors (Lipinski definition) is 5. The van der Waals surface area contributed by atoms with Crippen molar-refractivity contribution in [2.45, 2.75) is 18.9 Å². The van der Waals surface area contributed by atoms with Crippen LogP contribution in [0.15, 0.2) is 36.4 Å². The van der Waals surface area contributed by atoms with E-state index >= 15 is 0 Å². The van der Waals surface area contributed by atoms with Gasteiger partial charge in [0.2, 0.25) is 5.91 Å². The minimum absolute atomic E-state index is 0.0102. The molecule has 2 aliphatic rings. The Kier molecular flexibility index (Phi) is 7.04. The highest BCUT2D eigenvalue weighted by molar-refractivity contribution is 7.91. The zero-order chi connectivity index (χ0) is 19.1. The van der Waals surface area contributed by atoms with Crippen LogP contribution in [-0.2, 0) is 14.6 Å². The van der Waals surface area contributed by atoms with E-state index in [0.29, 0.717) is 19.4 Å². The number of piperazine rings is 1. The number of hydrogen-bond donors (Lipinski definition) is 1. The van der Waals surface area contributed by atoms with Gasteiger partial charge in [0.25, 0.3) is 0 Å². The fourth-order valence-electron chi connectivity index (χ4n) is 3.58. The molecular formula is C20H29N3O3S. The SMILES string of the molecule is O=C(CCNC1CCS(=O)(=O)C1)N1CCN(C/C=C/c2ccccc2)CC1. The number of sulfone groups is 1. The van der Waals surface area contributed by atoms with Gasteiger partial charge in [0.15, 0.2) is 9.84 Å². The topological polar surface area (TPSA) is 69.7 Å². The molecule has 2 saturated heterocycles. The number of amides is 1. The number of benzene rings is 1. The van der Waals surface area contributed by atoms with Gasteiger partial charge in [-0.3, -0.25) is 9.69 Å². The summed E-state index contributed by atoms with van der Waals surface area (Å²) in [7, 11) is -2.87. The second kappa shape index (κ2) is 9.48. The summed E-state index contributed by atoms with van der Waals surface area (Å²) < 4.78 is 22.9. The van der Waals surface area contributed by atoms with Crippen molar-refractivity contribution in [1.29, 1.82) is 0 Å². The molecule has 2 heterocycles. The molecule has 27 heavy (non-hydrogen) atoms. The van der Waals surface area contributed by atoms with Crippen LogP contribution in [0.1, 0.15) is 18.4 Å². The quantitative estimate of drug-likeness (QED) is 0.751. The number of nitrogens with one attached hydrogen (secondary N) is 1. The average Bonchev–Trinajstić information content (AvgIpc) is 3.02. The van der Waals surface area contributed by atoms with Crippen molar-refractivity contribution >= 4 is 21.8 Å². The molecule has 148 valence electrons. The molecule has 2 aliphatic heterocycles. The van der Waals surface area contributed by atoms with Crippen molar-refractivity contribution in [3.05, 3.63) is 42.0 Å². The van der Waals surface area contributed by atoms with E-state index in [0.717, 1.165) is 32.7 Å². The molecule has 0 bridgehead atoms. The lowest BCUT2D eigenvalue weighted by Crippen LogP contribution is -2.49.